The predicted molar refractivity (Wildman–Crippen MR) is 88.7 cm³/mol. The molecule has 2 aromatic carbocycles. The maximum atomic E-state index is 13.0. The van der Waals surface area contributed by atoms with Crippen molar-refractivity contribution in [3.8, 4) is 5.75 Å². The molecular weight excluding hydrogens is 295 g/mol. The van der Waals surface area contributed by atoms with Gasteiger partial charge in [0, 0.05) is 12.7 Å². The lowest BCUT2D eigenvalue weighted by Gasteiger charge is -2.06. The summed E-state index contributed by atoms with van der Waals surface area (Å²) in [6.45, 7) is 0.507. The van der Waals surface area contributed by atoms with E-state index in [1.54, 1.807) is 25.3 Å². The summed E-state index contributed by atoms with van der Waals surface area (Å²) in [6.07, 6.45) is 3.82. The third-order valence-electron chi connectivity index (χ3n) is 3.17. The van der Waals surface area contributed by atoms with E-state index in [0.717, 1.165) is 11.3 Å². The van der Waals surface area contributed by atoms with Gasteiger partial charge in [-0.3, -0.25) is 0 Å². The van der Waals surface area contributed by atoms with Gasteiger partial charge in [0.05, 0.1) is 7.11 Å². The molecule has 4 nitrogen and oxygen atoms in total. The molecule has 0 heterocycles. The predicted octanol–water partition coefficient (Wildman–Crippen LogP) is 3.35. The molecule has 23 heavy (non-hydrogen) atoms. The Morgan fingerprint density at radius 3 is 2.83 bits per heavy atom. The van der Waals surface area contributed by atoms with Crippen molar-refractivity contribution >= 4 is 12.1 Å². The van der Waals surface area contributed by atoms with Gasteiger partial charge in [0.15, 0.2) is 0 Å². The monoisotopic (exact) mass is 314 g/mol. The van der Waals surface area contributed by atoms with Crippen LogP contribution in [0.15, 0.2) is 54.7 Å². The Balaban J connectivity index is 1.72. The van der Waals surface area contributed by atoms with Crippen LogP contribution in [0.2, 0.25) is 0 Å². The van der Waals surface area contributed by atoms with E-state index in [2.05, 4.69) is 10.6 Å². The summed E-state index contributed by atoms with van der Waals surface area (Å²) in [5, 5.41) is 5.33. The third-order valence-corrected chi connectivity index (χ3v) is 3.17. The number of halogens is 1. The van der Waals surface area contributed by atoms with E-state index < -0.39 is 0 Å². The standard InChI is InChI=1S/C18H19FN2O2/c1-23-17-7-3-5-15(13-17)9-11-21-18(22)20-10-8-14-4-2-6-16(19)12-14/h2-8,10,12-13H,9,11H2,1H3,(H2,20,21,22)/b10-8+. The van der Waals surface area contributed by atoms with E-state index in [-0.39, 0.29) is 11.8 Å². The lowest BCUT2D eigenvalue weighted by molar-refractivity contribution is 0.244. The number of urea groups is 1. The molecule has 0 spiro atoms. The van der Waals surface area contributed by atoms with Crippen molar-refractivity contribution in [2.24, 2.45) is 0 Å². The third kappa shape index (κ3) is 5.82. The first-order valence-electron chi connectivity index (χ1n) is 7.27. The molecule has 0 saturated carbocycles. The summed E-state index contributed by atoms with van der Waals surface area (Å²) < 4.78 is 18.1. The molecule has 0 fully saturated rings. The van der Waals surface area contributed by atoms with Gasteiger partial charge >= 0.3 is 6.03 Å². The number of nitrogens with one attached hydrogen (secondary N) is 2. The zero-order chi connectivity index (χ0) is 16.5. The molecule has 5 heteroatoms. The normalized spacial score (nSPS) is 10.5. The molecule has 2 N–H and O–H groups in total. The van der Waals surface area contributed by atoms with Gasteiger partial charge in [-0.25, -0.2) is 9.18 Å². The van der Waals surface area contributed by atoms with Crippen molar-refractivity contribution < 1.29 is 13.9 Å². The second-order valence-electron chi connectivity index (χ2n) is 4.89. The largest absolute Gasteiger partial charge is 0.497 e. The average molecular weight is 314 g/mol. The zero-order valence-corrected chi connectivity index (χ0v) is 12.9. The number of hydrogen-bond acceptors (Lipinski definition) is 2. The average Bonchev–Trinajstić information content (AvgIpc) is 2.55. The van der Waals surface area contributed by atoms with Crippen molar-refractivity contribution in [2.45, 2.75) is 6.42 Å². The van der Waals surface area contributed by atoms with Crippen LogP contribution in [0.25, 0.3) is 6.08 Å². The zero-order valence-electron chi connectivity index (χ0n) is 12.9. The molecule has 2 amide bonds. The molecule has 0 aliphatic rings. The van der Waals surface area contributed by atoms with E-state index in [1.807, 2.05) is 24.3 Å². The molecule has 0 atom stereocenters. The Morgan fingerprint density at radius 2 is 2.04 bits per heavy atom. The van der Waals surface area contributed by atoms with Crippen LogP contribution in [0.5, 0.6) is 5.75 Å². The SMILES string of the molecule is COc1cccc(CCNC(=O)N/C=C/c2cccc(F)c2)c1. The van der Waals surface area contributed by atoms with Crippen LogP contribution >= 0.6 is 0 Å². The number of hydrogen-bond donors (Lipinski definition) is 2. The molecular formula is C18H19FN2O2. The Morgan fingerprint density at radius 1 is 1.22 bits per heavy atom. The quantitative estimate of drug-likeness (QED) is 0.859. The molecule has 0 unspecified atom stereocenters. The van der Waals surface area contributed by atoms with E-state index in [4.69, 9.17) is 4.74 Å². The van der Waals surface area contributed by atoms with Gasteiger partial charge in [-0.05, 0) is 47.9 Å². The fraction of sp³-hybridized carbons (Fsp3) is 0.167. The van der Waals surface area contributed by atoms with Crippen molar-refractivity contribution in [1.29, 1.82) is 0 Å². The van der Waals surface area contributed by atoms with E-state index >= 15 is 0 Å². The van der Waals surface area contributed by atoms with Crippen molar-refractivity contribution in [2.75, 3.05) is 13.7 Å². The molecule has 0 aromatic heterocycles. The minimum atomic E-state index is -0.310. The lowest BCUT2D eigenvalue weighted by Crippen LogP contribution is -2.33. The molecule has 0 saturated heterocycles. The number of amides is 2. The van der Waals surface area contributed by atoms with Gasteiger partial charge in [-0.1, -0.05) is 24.3 Å². The van der Waals surface area contributed by atoms with Crippen molar-refractivity contribution in [3.63, 3.8) is 0 Å². The molecule has 120 valence electrons. The highest BCUT2D eigenvalue weighted by molar-refractivity contribution is 5.75. The summed E-state index contributed by atoms with van der Waals surface area (Å²) in [6, 6.07) is 13.5. The number of benzene rings is 2. The van der Waals surface area contributed by atoms with Crippen LogP contribution in [0.3, 0.4) is 0 Å². The minimum Gasteiger partial charge on any atom is -0.497 e. The van der Waals surface area contributed by atoms with Crippen molar-refractivity contribution in [1.82, 2.24) is 10.6 Å². The molecule has 0 bridgehead atoms. The van der Waals surface area contributed by atoms with Crippen LogP contribution in [0.1, 0.15) is 11.1 Å². The topological polar surface area (TPSA) is 50.4 Å². The van der Waals surface area contributed by atoms with Crippen LogP contribution in [-0.4, -0.2) is 19.7 Å². The van der Waals surface area contributed by atoms with E-state index in [9.17, 15) is 9.18 Å². The fourth-order valence-corrected chi connectivity index (χ4v) is 2.02. The summed E-state index contributed by atoms with van der Waals surface area (Å²) in [5.74, 6) is 0.486. The number of rotatable bonds is 6. The first kappa shape index (κ1) is 16.5. The fourth-order valence-electron chi connectivity index (χ4n) is 2.02. The molecule has 0 aliphatic heterocycles. The number of methoxy groups -OCH3 is 1. The highest BCUT2D eigenvalue weighted by atomic mass is 19.1. The van der Waals surface area contributed by atoms with Crippen LogP contribution in [0, 0.1) is 5.82 Å². The number of ether oxygens (including phenoxy) is 1. The molecule has 2 rings (SSSR count). The second kappa shape index (κ2) is 8.58. The maximum Gasteiger partial charge on any atom is 0.318 e. The van der Waals surface area contributed by atoms with Crippen molar-refractivity contribution in [3.05, 3.63) is 71.7 Å². The second-order valence-corrected chi connectivity index (χ2v) is 4.89. The molecule has 2 aromatic rings. The van der Waals surface area contributed by atoms with Gasteiger partial charge in [0.1, 0.15) is 11.6 Å². The highest BCUT2D eigenvalue weighted by Gasteiger charge is 1.99. The Bertz CT molecular complexity index is 686. The van der Waals surface area contributed by atoms with Crippen LogP contribution in [0.4, 0.5) is 9.18 Å². The summed E-state index contributed by atoms with van der Waals surface area (Å²) in [4.78, 5) is 11.6. The van der Waals surface area contributed by atoms with Gasteiger partial charge < -0.3 is 15.4 Å². The van der Waals surface area contributed by atoms with Gasteiger partial charge in [-0.2, -0.15) is 0 Å². The van der Waals surface area contributed by atoms with Gasteiger partial charge in [0.25, 0.3) is 0 Å². The van der Waals surface area contributed by atoms with Gasteiger partial charge in [0.2, 0.25) is 0 Å². The number of carbonyl (C=O) groups excluding carboxylic acids is 1. The first-order chi connectivity index (χ1) is 11.2. The summed E-state index contributed by atoms with van der Waals surface area (Å²) in [5.41, 5.74) is 1.77. The molecule has 0 radical (unpaired) electrons. The Kier molecular flexibility index (Phi) is 6.17. The lowest BCUT2D eigenvalue weighted by atomic mass is 10.1. The van der Waals surface area contributed by atoms with Gasteiger partial charge in [-0.15, -0.1) is 0 Å². The smallest absolute Gasteiger partial charge is 0.318 e. The van der Waals surface area contributed by atoms with E-state index in [1.165, 1.54) is 18.3 Å². The molecule has 0 aliphatic carbocycles. The summed E-state index contributed by atoms with van der Waals surface area (Å²) in [7, 11) is 1.62. The van der Waals surface area contributed by atoms with Crippen LogP contribution in [-0.2, 0) is 6.42 Å². The summed E-state index contributed by atoms with van der Waals surface area (Å²) >= 11 is 0. The Labute approximate surface area is 135 Å². The first-order valence-corrected chi connectivity index (χ1v) is 7.27. The number of carbonyl (C=O) groups is 1. The van der Waals surface area contributed by atoms with Crippen LogP contribution < -0.4 is 15.4 Å². The maximum absolute atomic E-state index is 13.0. The van der Waals surface area contributed by atoms with E-state index in [0.29, 0.717) is 18.5 Å². The minimum absolute atomic E-state index is 0.305. The Hall–Kier alpha value is -2.82. The highest BCUT2D eigenvalue weighted by Crippen LogP contribution is 2.12.